The normalized spacial score (nSPS) is 11.8. The third-order valence-electron chi connectivity index (χ3n) is 21.1. The molecule has 0 aliphatic heterocycles. The van der Waals surface area contributed by atoms with Gasteiger partial charge in [0.15, 0.2) is 17.5 Å². The standard InChI is InChI=1S/C45H54B27N3O/c46-14-1-2(15(47)28(60)17(49)4(1)6-9(21(14)53)22(54)32(64)31(63)19(6)51)3-5-7(20(52)29(61)16(3)48)11(24(56)30(62)18(5)50)43-73-44(75-45(74-43)13-26(58)34(66)37(69)35(67)27(13)59)12-8-10-23(55)33(65)38(70)40(72)42(10)76-41(8)39(71)36(68)25(12)57/h46-72H2. The molecule has 0 N–H and O–H groups in total. The monoisotopic (exact) mass is 950 g/mol. The number of aromatic nitrogens is 3. The predicted molar refractivity (Wildman–Crippen MR) is 422 cm³/mol. The average molecular weight is 945 g/mol. The van der Waals surface area contributed by atoms with Crippen molar-refractivity contribution >= 4 is 414 Å². The summed E-state index contributed by atoms with van der Waals surface area (Å²) in [7, 11) is 62.1. The summed E-state index contributed by atoms with van der Waals surface area (Å²) in [5, 5.41) is 10.3. The Morgan fingerprint density at radius 3 is 0.816 bits per heavy atom. The van der Waals surface area contributed by atoms with Gasteiger partial charge in [-0.1, -0.05) is 104 Å². The van der Waals surface area contributed by atoms with Gasteiger partial charge in [0.25, 0.3) is 0 Å². The Bertz CT molecular complexity index is 4410. The molecular weight excluding hydrogens is 890 g/mol. The Morgan fingerprint density at radius 1 is 0.158 bits per heavy atom. The highest BCUT2D eigenvalue weighted by atomic mass is 16.3. The molecule has 0 aliphatic rings. The molecule has 8 aromatic carbocycles. The molecule has 0 amide bonds. The number of nitrogens with zero attached hydrogens (tertiary/aromatic N) is 3. The molecule has 336 valence electrons. The molecule has 0 fully saturated rings. The van der Waals surface area contributed by atoms with Gasteiger partial charge < -0.3 is 4.42 Å². The summed E-state index contributed by atoms with van der Waals surface area (Å²) >= 11 is 0. The van der Waals surface area contributed by atoms with Crippen LogP contribution in [-0.2, 0) is 0 Å². The van der Waals surface area contributed by atoms with Gasteiger partial charge in [-0.25, -0.2) is 15.0 Å². The minimum Gasteiger partial charge on any atom is -0.457 e. The number of rotatable bonds is 4. The largest absolute Gasteiger partial charge is 0.457 e. The van der Waals surface area contributed by atoms with Crippen LogP contribution in [0.3, 0.4) is 0 Å². The third-order valence-corrected chi connectivity index (χ3v) is 21.1. The highest BCUT2D eigenvalue weighted by Crippen LogP contribution is 2.35. The van der Waals surface area contributed by atoms with Crippen molar-refractivity contribution in [1.29, 1.82) is 0 Å². The Labute approximate surface area is 475 Å². The molecule has 31 heteroatoms. The lowest BCUT2D eigenvalue weighted by atomic mass is 9.56. The van der Waals surface area contributed by atoms with E-state index in [1.807, 2.05) is 0 Å². The van der Waals surface area contributed by atoms with Crippen LogP contribution in [0.2, 0.25) is 0 Å². The third kappa shape index (κ3) is 7.19. The van der Waals surface area contributed by atoms with Gasteiger partial charge in [0, 0.05) is 27.5 Å². The fraction of sp³-hybridized carbons (Fsp3) is 0. The number of furan rings is 1. The predicted octanol–water partition coefficient (Wildman–Crippen LogP) is -35.1. The molecule has 0 saturated heterocycles. The maximum atomic E-state index is 7.09. The van der Waals surface area contributed by atoms with Crippen molar-refractivity contribution in [1.82, 2.24) is 15.0 Å². The molecule has 2 aromatic heterocycles. The van der Waals surface area contributed by atoms with Gasteiger partial charge in [-0.2, -0.15) is 0 Å². The Morgan fingerprint density at radius 2 is 0.368 bits per heavy atom. The summed E-state index contributed by atoms with van der Waals surface area (Å²) in [6.45, 7) is 0. The van der Waals surface area contributed by atoms with Gasteiger partial charge in [-0.05, 0) is 43.4 Å². The van der Waals surface area contributed by atoms with Gasteiger partial charge in [0.05, 0.1) is 0 Å². The summed E-state index contributed by atoms with van der Waals surface area (Å²) in [5.74, 6) is 2.08. The van der Waals surface area contributed by atoms with E-state index in [2.05, 4.69) is 212 Å². The Kier molecular flexibility index (Phi) is 13.3. The maximum absolute atomic E-state index is 7.09. The molecule has 4 nitrogen and oxygen atoms in total. The van der Waals surface area contributed by atoms with Crippen LogP contribution < -0.4 is 147 Å². The van der Waals surface area contributed by atoms with E-state index in [0.29, 0.717) is 17.5 Å². The number of hydrogen-bond acceptors (Lipinski definition) is 4. The fourth-order valence-corrected chi connectivity index (χ4v) is 14.0. The molecule has 0 spiro atoms. The zero-order valence-corrected chi connectivity index (χ0v) is 51.2. The molecule has 76 heavy (non-hydrogen) atoms. The van der Waals surface area contributed by atoms with Crippen LogP contribution in [-0.4, -0.2) is 227 Å². The van der Waals surface area contributed by atoms with Crippen molar-refractivity contribution in [3.05, 3.63) is 0 Å². The Balaban J connectivity index is 1.45. The maximum Gasteiger partial charge on any atom is 0.164 e. The molecule has 10 rings (SSSR count). The van der Waals surface area contributed by atoms with E-state index in [1.54, 1.807) is 0 Å². The molecule has 0 bridgehead atoms. The fourth-order valence-electron chi connectivity index (χ4n) is 14.0. The molecule has 0 atom stereocenters. The first-order valence-corrected chi connectivity index (χ1v) is 27.7. The summed E-state index contributed by atoms with van der Waals surface area (Å²) < 4.78 is 7.09. The van der Waals surface area contributed by atoms with Crippen LogP contribution in [0.1, 0.15) is 0 Å². The minimum atomic E-state index is 0.677. The van der Waals surface area contributed by atoms with Crippen molar-refractivity contribution in [2.45, 2.75) is 0 Å². The van der Waals surface area contributed by atoms with Crippen molar-refractivity contribution < 1.29 is 4.42 Å². The van der Waals surface area contributed by atoms with E-state index in [1.165, 1.54) is 180 Å². The van der Waals surface area contributed by atoms with Crippen LogP contribution in [0.15, 0.2) is 4.42 Å². The number of benzene rings is 8. The first-order valence-electron chi connectivity index (χ1n) is 27.7. The Hall–Kier alpha value is -4.90. The lowest BCUT2D eigenvalue weighted by molar-refractivity contribution is 0.675. The summed E-state index contributed by atoms with van der Waals surface area (Å²) in [5.41, 5.74) is 42.5. The second-order valence-corrected chi connectivity index (χ2v) is 23.8. The lowest BCUT2D eigenvalue weighted by Gasteiger charge is -2.30. The van der Waals surface area contributed by atoms with Crippen LogP contribution in [0.5, 0.6) is 0 Å². The van der Waals surface area contributed by atoms with Crippen molar-refractivity contribution in [3.8, 4) is 45.3 Å². The SMILES string of the molecule is Bc1c(B)c(B)c(-c2nc(-c3c(B)c(B)c(B)c4c(-c5c(B)c(B)c(B)c6c5c(B)c(B)c5c(B)c(B)c(B)c(B)c56)c(B)c(B)c(B)c34)nc(-c3c(B)c(B)c(B)c4oc5c(B)c(B)c(B)c(B)c5c34)n2)c(B)c1B. The number of fused-ring (bicyclic) bond motifs is 7. The second kappa shape index (κ2) is 18.6. The van der Waals surface area contributed by atoms with Crippen molar-refractivity contribution in [2.75, 3.05) is 0 Å². The minimum absolute atomic E-state index is 0.677. The molecule has 0 radical (unpaired) electrons. The molecular formula is C45H54B27N3O. The molecule has 0 saturated carbocycles. The molecule has 10 aromatic rings. The van der Waals surface area contributed by atoms with E-state index in [9.17, 15) is 0 Å². The van der Waals surface area contributed by atoms with Gasteiger partial charge in [0.2, 0.25) is 0 Å². The van der Waals surface area contributed by atoms with E-state index >= 15 is 0 Å². The van der Waals surface area contributed by atoms with Gasteiger partial charge in [0.1, 0.15) is 223 Å². The van der Waals surface area contributed by atoms with Crippen LogP contribution in [0.25, 0.3) is 99.5 Å². The second-order valence-electron chi connectivity index (χ2n) is 23.8. The summed E-state index contributed by atoms with van der Waals surface area (Å²) in [6.07, 6.45) is 0. The van der Waals surface area contributed by atoms with Gasteiger partial charge in [-0.3, -0.25) is 0 Å². The molecule has 0 unspecified atom stereocenters. The zero-order chi connectivity index (χ0) is 55.8. The van der Waals surface area contributed by atoms with E-state index in [0.717, 1.165) is 49.6 Å². The molecule has 0 aliphatic carbocycles. The number of hydrogen-bond donors (Lipinski definition) is 0. The first kappa shape index (κ1) is 54.5. The average Bonchev–Trinajstić information content (AvgIpc) is 3.83. The van der Waals surface area contributed by atoms with Crippen molar-refractivity contribution in [3.63, 3.8) is 0 Å². The summed E-state index contributed by atoms with van der Waals surface area (Å²) in [4.78, 5) is 17.4. The van der Waals surface area contributed by atoms with Crippen molar-refractivity contribution in [2.24, 2.45) is 0 Å². The van der Waals surface area contributed by atoms with Gasteiger partial charge in [-0.15, -0.1) is 43.7 Å². The zero-order valence-electron chi connectivity index (χ0n) is 51.2. The quantitative estimate of drug-likeness (QED) is 0.130. The lowest BCUT2D eigenvalue weighted by Crippen LogP contribution is -2.55. The smallest absolute Gasteiger partial charge is 0.164 e. The summed E-state index contributed by atoms with van der Waals surface area (Å²) in [6, 6.07) is 0. The van der Waals surface area contributed by atoms with Crippen LogP contribution in [0.4, 0.5) is 0 Å². The topological polar surface area (TPSA) is 51.8 Å². The highest BCUT2D eigenvalue weighted by molar-refractivity contribution is 6.77. The first-order chi connectivity index (χ1) is 35.5. The van der Waals surface area contributed by atoms with Crippen LogP contribution >= 0.6 is 0 Å². The van der Waals surface area contributed by atoms with Crippen LogP contribution in [0, 0.1) is 0 Å². The van der Waals surface area contributed by atoms with E-state index in [4.69, 9.17) is 19.4 Å². The molecule has 2 heterocycles. The van der Waals surface area contributed by atoms with Gasteiger partial charge >= 0.3 is 0 Å². The highest BCUT2D eigenvalue weighted by Gasteiger charge is 2.31. The van der Waals surface area contributed by atoms with E-state index in [-0.39, 0.29) is 0 Å². The van der Waals surface area contributed by atoms with E-state index < -0.39 is 0 Å².